The highest BCUT2D eigenvalue weighted by Crippen LogP contribution is 2.31. The first kappa shape index (κ1) is 20.8. The smallest absolute Gasteiger partial charge is 0.436 e. The Labute approximate surface area is 143 Å². The summed E-state index contributed by atoms with van der Waals surface area (Å²) >= 11 is 0. The summed E-state index contributed by atoms with van der Waals surface area (Å²) in [5.41, 5.74) is -2.97. The molecule has 0 radical (unpaired) electrons. The quantitative estimate of drug-likeness (QED) is 0.547. The van der Waals surface area contributed by atoms with Crippen LogP contribution in [0.15, 0.2) is 24.3 Å². The average molecular weight is 362 g/mol. The lowest BCUT2D eigenvalue weighted by Gasteiger charge is -2.34. The summed E-state index contributed by atoms with van der Waals surface area (Å²) in [5.74, 6) is -2.23. The van der Waals surface area contributed by atoms with Gasteiger partial charge in [0.1, 0.15) is 5.75 Å². The lowest BCUT2D eigenvalue weighted by atomic mass is 10.1. The molecule has 0 aliphatic carbocycles. The molecule has 1 aromatic carbocycles. The van der Waals surface area contributed by atoms with Gasteiger partial charge in [-0.1, -0.05) is 25.1 Å². The minimum Gasteiger partial charge on any atom is -0.496 e. The number of hydrogen-bond donors (Lipinski definition) is 2. The monoisotopic (exact) mass is 362 g/mol. The van der Waals surface area contributed by atoms with Crippen molar-refractivity contribution in [2.24, 2.45) is 0 Å². The van der Waals surface area contributed by atoms with Gasteiger partial charge in [-0.3, -0.25) is 10.1 Å². The van der Waals surface area contributed by atoms with Gasteiger partial charge < -0.3 is 14.8 Å². The van der Waals surface area contributed by atoms with E-state index in [1.807, 2.05) is 0 Å². The Morgan fingerprint density at radius 3 is 2.32 bits per heavy atom. The van der Waals surface area contributed by atoms with Crippen molar-refractivity contribution in [3.8, 4) is 5.75 Å². The number of amides is 1. The second-order valence-electron chi connectivity index (χ2n) is 5.04. The maximum absolute atomic E-state index is 13.7. The molecule has 140 valence electrons. The number of ether oxygens (including phenoxy) is 2. The number of esters is 1. The molecule has 9 heteroatoms. The van der Waals surface area contributed by atoms with Gasteiger partial charge in [0.15, 0.2) is 0 Å². The summed E-state index contributed by atoms with van der Waals surface area (Å²) in [6.45, 7) is 2.10. The second kappa shape index (κ2) is 8.70. The highest BCUT2D eigenvalue weighted by atomic mass is 19.4. The molecule has 0 saturated heterocycles. The van der Waals surface area contributed by atoms with Gasteiger partial charge in [0, 0.05) is 18.5 Å². The van der Waals surface area contributed by atoms with Gasteiger partial charge in [0.25, 0.3) is 5.66 Å². The first-order chi connectivity index (χ1) is 11.7. The molecule has 0 unspecified atom stereocenters. The predicted octanol–water partition coefficient (Wildman–Crippen LogP) is 2.13. The van der Waals surface area contributed by atoms with Gasteiger partial charge >= 0.3 is 12.1 Å². The van der Waals surface area contributed by atoms with Gasteiger partial charge in [-0.15, -0.1) is 0 Å². The summed E-state index contributed by atoms with van der Waals surface area (Å²) < 4.78 is 50.8. The van der Waals surface area contributed by atoms with Crippen molar-refractivity contribution in [3.63, 3.8) is 0 Å². The highest BCUT2D eigenvalue weighted by Gasteiger charge is 2.62. The molecule has 25 heavy (non-hydrogen) atoms. The lowest BCUT2D eigenvalue weighted by Crippen LogP contribution is -2.72. The summed E-state index contributed by atoms with van der Waals surface area (Å²) in [7, 11) is 1.38. The van der Waals surface area contributed by atoms with Crippen molar-refractivity contribution in [1.82, 2.24) is 10.6 Å². The van der Waals surface area contributed by atoms with E-state index >= 15 is 0 Å². The number of methoxy groups -OCH3 is 1. The molecule has 0 spiro atoms. The van der Waals surface area contributed by atoms with E-state index in [9.17, 15) is 22.8 Å². The molecule has 1 amide bonds. The Morgan fingerprint density at radius 2 is 1.80 bits per heavy atom. The fourth-order valence-electron chi connectivity index (χ4n) is 2.07. The Bertz CT molecular complexity index is 607. The predicted molar refractivity (Wildman–Crippen MR) is 83.7 cm³/mol. The fraction of sp³-hybridized carbons (Fsp3) is 0.500. The van der Waals surface area contributed by atoms with Crippen LogP contribution in [-0.4, -0.2) is 37.4 Å². The number of carbonyl (C=O) groups is 2. The van der Waals surface area contributed by atoms with Crippen LogP contribution in [0.1, 0.15) is 25.8 Å². The maximum Gasteiger partial charge on any atom is 0.436 e. The van der Waals surface area contributed by atoms with Gasteiger partial charge in [0.2, 0.25) is 5.91 Å². The van der Waals surface area contributed by atoms with E-state index in [0.717, 1.165) is 0 Å². The number of para-hydroxylation sites is 1. The third-order valence-corrected chi connectivity index (χ3v) is 3.39. The number of carbonyl (C=O) groups excluding carboxylic acids is 2. The van der Waals surface area contributed by atoms with Crippen LogP contribution in [0.4, 0.5) is 13.2 Å². The van der Waals surface area contributed by atoms with Crippen molar-refractivity contribution >= 4 is 11.9 Å². The zero-order valence-electron chi connectivity index (χ0n) is 14.2. The van der Waals surface area contributed by atoms with Crippen LogP contribution < -0.4 is 15.4 Å². The average Bonchev–Trinajstić information content (AvgIpc) is 2.57. The minimum atomic E-state index is -5.12. The molecular formula is C16H21F3N2O4. The maximum atomic E-state index is 13.7. The first-order valence-electron chi connectivity index (χ1n) is 7.63. The lowest BCUT2D eigenvalue weighted by molar-refractivity contribution is -0.222. The molecule has 1 atom stereocenters. The van der Waals surface area contributed by atoms with Crippen LogP contribution >= 0.6 is 0 Å². The molecule has 0 aliphatic heterocycles. The molecule has 0 aliphatic rings. The van der Waals surface area contributed by atoms with Crippen molar-refractivity contribution in [1.29, 1.82) is 0 Å². The second-order valence-corrected chi connectivity index (χ2v) is 5.04. The third kappa shape index (κ3) is 4.85. The van der Waals surface area contributed by atoms with Crippen molar-refractivity contribution < 1.29 is 32.2 Å². The molecule has 0 heterocycles. The Hall–Kier alpha value is -2.29. The van der Waals surface area contributed by atoms with Crippen LogP contribution in [-0.2, 0) is 20.9 Å². The summed E-state index contributed by atoms with van der Waals surface area (Å²) in [4.78, 5) is 23.7. The van der Waals surface area contributed by atoms with E-state index in [2.05, 4.69) is 10.1 Å². The molecule has 6 nitrogen and oxygen atoms in total. The van der Waals surface area contributed by atoms with Crippen molar-refractivity contribution in [3.05, 3.63) is 29.8 Å². The minimum absolute atomic E-state index is 0.229. The fourth-order valence-corrected chi connectivity index (χ4v) is 2.07. The summed E-state index contributed by atoms with van der Waals surface area (Å²) in [5, 5.41) is 3.82. The number of nitrogens with one attached hydrogen (secondary N) is 2. The van der Waals surface area contributed by atoms with Crippen LogP contribution in [0.3, 0.4) is 0 Å². The van der Waals surface area contributed by atoms with E-state index in [0.29, 0.717) is 11.3 Å². The largest absolute Gasteiger partial charge is 0.496 e. The van der Waals surface area contributed by atoms with Gasteiger partial charge in [-0.2, -0.15) is 13.2 Å². The number of alkyl halides is 3. The number of hydrogen-bond acceptors (Lipinski definition) is 5. The molecule has 1 rings (SSSR count). The first-order valence-corrected chi connectivity index (χ1v) is 7.63. The van der Waals surface area contributed by atoms with E-state index in [1.165, 1.54) is 21.0 Å². The third-order valence-electron chi connectivity index (χ3n) is 3.39. The summed E-state index contributed by atoms with van der Waals surface area (Å²) in [6, 6.07) is 6.38. The summed E-state index contributed by atoms with van der Waals surface area (Å²) in [6.07, 6.45) is -5.35. The van der Waals surface area contributed by atoms with Crippen LogP contribution in [0.2, 0.25) is 0 Å². The van der Waals surface area contributed by atoms with E-state index < -0.39 is 23.7 Å². The molecule has 0 bridgehead atoms. The van der Waals surface area contributed by atoms with Gasteiger partial charge in [-0.25, -0.2) is 4.79 Å². The van der Waals surface area contributed by atoms with Crippen molar-refractivity contribution in [2.45, 2.75) is 38.7 Å². The molecular weight excluding hydrogens is 341 g/mol. The van der Waals surface area contributed by atoms with E-state index in [4.69, 9.17) is 4.74 Å². The number of benzene rings is 1. The van der Waals surface area contributed by atoms with Crippen LogP contribution in [0.5, 0.6) is 5.75 Å². The number of rotatable bonds is 8. The Balaban J connectivity index is 3.23. The zero-order chi connectivity index (χ0) is 19.1. The van der Waals surface area contributed by atoms with E-state index in [1.54, 1.807) is 29.6 Å². The topological polar surface area (TPSA) is 76.7 Å². The highest BCUT2D eigenvalue weighted by molar-refractivity contribution is 5.88. The molecule has 0 saturated carbocycles. The van der Waals surface area contributed by atoms with Gasteiger partial charge in [-0.05, 0) is 13.0 Å². The number of halogens is 3. The van der Waals surface area contributed by atoms with Crippen LogP contribution in [0.25, 0.3) is 0 Å². The standard InChI is InChI=1S/C16H21F3N2O4/c1-4-13(22)21-15(16(17,18)19,14(23)25-5-2)20-10-11-8-6-7-9-12(11)24-3/h6-9,20H,4-5,10H2,1-3H3,(H,21,22)/t15-/m0/s1. The Kier molecular flexibility index (Phi) is 7.22. The molecule has 1 aromatic rings. The SMILES string of the molecule is CCOC(=O)[C@](NCc1ccccc1OC)(NC(=O)CC)C(F)(F)F. The zero-order valence-corrected chi connectivity index (χ0v) is 14.2. The molecule has 0 aromatic heterocycles. The van der Waals surface area contributed by atoms with Crippen LogP contribution in [0, 0.1) is 0 Å². The van der Waals surface area contributed by atoms with Crippen molar-refractivity contribution in [2.75, 3.05) is 13.7 Å². The molecule has 0 fully saturated rings. The molecule has 2 N–H and O–H groups in total. The van der Waals surface area contributed by atoms with E-state index in [-0.39, 0.29) is 19.6 Å². The van der Waals surface area contributed by atoms with Gasteiger partial charge in [0.05, 0.1) is 13.7 Å². The Morgan fingerprint density at radius 1 is 1.16 bits per heavy atom. The normalized spacial score (nSPS) is 13.7.